The topological polar surface area (TPSA) is 82.7 Å². The molecule has 6 heteroatoms. The molecule has 98 valence electrons. The predicted octanol–water partition coefficient (Wildman–Crippen LogP) is 2.04. The third-order valence-corrected chi connectivity index (χ3v) is 3.37. The Hall–Kier alpha value is -1.64. The van der Waals surface area contributed by atoms with Crippen molar-refractivity contribution in [2.24, 2.45) is 10.8 Å². The Bertz CT molecular complexity index is 601. The molecular formula is C13H13IN4O. The van der Waals surface area contributed by atoms with Gasteiger partial charge in [0, 0.05) is 9.13 Å². The molecule has 5 nitrogen and oxygen atoms in total. The van der Waals surface area contributed by atoms with Crippen LogP contribution in [0.1, 0.15) is 5.56 Å². The molecule has 0 heterocycles. The van der Waals surface area contributed by atoms with Gasteiger partial charge in [-0.15, -0.1) is 0 Å². The summed E-state index contributed by atoms with van der Waals surface area (Å²) in [5.74, 6) is 5.95. The predicted molar refractivity (Wildman–Crippen MR) is 83.9 cm³/mol. The van der Waals surface area contributed by atoms with Crippen molar-refractivity contribution in [3.63, 3.8) is 0 Å². The van der Waals surface area contributed by atoms with E-state index >= 15 is 0 Å². The average Bonchev–Trinajstić information content (AvgIpc) is 2.41. The number of phenols is 1. The molecule has 0 aliphatic carbocycles. The molecule has 0 saturated heterocycles. The highest BCUT2D eigenvalue weighted by atomic mass is 127. The molecule has 0 atom stereocenters. The number of aliphatic imine (C=N–C) groups is 1. The minimum atomic E-state index is 0.116. The summed E-state index contributed by atoms with van der Waals surface area (Å²) < 4.78 is 1.03. The van der Waals surface area contributed by atoms with Gasteiger partial charge in [-0.2, -0.15) is 5.53 Å². The molecule has 0 saturated carbocycles. The molecule has 2 aromatic rings. The maximum atomic E-state index is 9.76. The molecule has 2 rings (SSSR count). The van der Waals surface area contributed by atoms with Gasteiger partial charge in [-0.05, 0) is 40.8 Å². The molecule has 2 aromatic carbocycles. The maximum absolute atomic E-state index is 9.76. The van der Waals surface area contributed by atoms with E-state index in [1.54, 1.807) is 18.2 Å². The van der Waals surface area contributed by atoms with E-state index in [1.807, 2.05) is 30.3 Å². The lowest BCUT2D eigenvalue weighted by Gasteiger charge is -2.10. The maximum Gasteiger partial charge on any atom is 0.150 e. The van der Waals surface area contributed by atoms with Crippen LogP contribution in [0, 0.1) is 3.57 Å². The zero-order valence-electron chi connectivity index (χ0n) is 9.97. The quantitative estimate of drug-likeness (QED) is 0.220. The van der Waals surface area contributed by atoms with Gasteiger partial charge < -0.3 is 5.11 Å². The van der Waals surface area contributed by atoms with Crippen LogP contribution >= 0.6 is 22.6 Å². The summed E-state index contributed by atoms with van der Waals surface area (Å²) in [6, 6.07) is 14.6. The largest absolute Gasteiger partial charge is 0.506 e. The van der Waals surface area contributed by atoms with E-state index < -0.39 is 0 Å². The SMILES string of the molecule is NNNC(=Nc1ccccc1O)c1ccccc1I. The van der Waals surface area contributed by atoms with Crippen molar-refractivity contribution in [1.29, 1.82) is 0 Å². The fraction of sp³-hybridized carbons (Fsp3) is 0. The van der Waals surface area contributed by atoms with Gasteiger partial charge in [0.25, 0.3) is 0 Å². The van der Waals surface area contributed by atoms with Crippen LogP contribution in [0.4, 0.5) is 5.69 Å². The highest BCUT2D eigenvalue weighted by Gasteiger charge is 2.08. The third-order valence-electron chi connectivity index (χ3n) is 2.43. The van der Waals surface area contributed by atoms with Gasteiger partial charge in [0.15, 0.2) is 0 Å². The van der Waals surface area contributed by atoms with Gasteiger partial charge in [-0.25, -0.2) is 4.99 Å². The van der Waals surface area contributed by atoms with E-state index in [2.05, 4.69) is 38.5 Å². The van der Waals surface area contributed by atoms with Gasteiger partial charge in [0.05, 0.1) is 0 Å². The molecule has 0 fully saturated rings. The van der Waals surface area contributed by atoms with Crippen LogP contribution in [0.2, 0.25) is 0 Å². The first-order valence-corrected chi connectivity index (χ1v) is 6.63. The summed E-state index contributed by atoms with van der Waals surface area (Å²) in [4.78, 5) is 4.39. The van der Waals surface area contributed by atoms with Crippen LogP contribution in [0.5, 0.6) is 5.75 Å². The lowest BCUT2D eigenvalue weighted by atomic mass is 10.2. The number of hydrazine groups is 2. The standard InChI is InChI=1S/C13H13IN4O/c14-10-6-2-1-5-9(10)13(17-18-15)16-11-7-3-4-8-12(11)19/h1-8,18-19H,15H2,(H,16,17). The van der Waals surface area contributed by atoms with Crippen LogP contribution in [-0.4, -0.2) is 10.9 Å². The van der Waals surface area contributed by atoms with Gasteiger partial charge in [-0.1, -0.05) is 30.3 Å². The third kappa shape index (κ3) is 3.43. The zero-order valence-corrected chi connectivity index (χ0v) is 12.1. The van der Waals surface area contributed by atoms with E-state index in [9.17, 15) is 5.11 Å². The Balaban J connectivity index is 2.47. The molecule has 0 unspecified atom stereocenters. The molecule has 0 amide bonds. The van der Waals surface area contributed by atoms with Crippen molar-refractivity contribution in [3.8, 4) is 5.75 Å². The average molecular weight is 368 g/mol. The molecule has 5 N–H and O–H groups in total. The summed E-state index contributed by atoms with van der Waals surface area (Å²) in [6.45, 7) is 0. The van der Waals surface area contributed by atoms with E-state index in [-0.39, 0.29) is 5.75 Å². The van der Waals surface area contributed by atoms with Crippen molar-refractivity contribution in [1.82, 2.24) is 11.0 Å². The fourth-order valence-electron chi connectivity index (χ4n) is 1.56. The van der Waals surface area contributed by atoms with Crippen molar-refractivity contribution in [2.45, 2.75) is 0 Å². The molecule has 0 bridgehead atoms. The molecule has 0 aliphatic heterocycles. The number of nitrogens with zero attached hydrogens (tertiary/aromatic N) is 1. The van der Waals surface area contributed by atoms with Crippen molar-refractivity contribution in [3.05, 3.63) is 57.7 Å². The number of nitrogens with two attached hydrogens (primary N) is 1. The van der Waals surface area contributed by atoms with Crippen molar-refractivity contribution in [2.75, 3.05) is 0 Å². The van der Waals surface area contributed by atoms with Gasteiger partial charge in [-0.3, -0.25) is 11.3 Å². The molecule has 0 aliphatic rings. The number of amidine groups is 1. The van der Waals surface area contributed by atoms with E-state index in [1.165, 1.54) is 0 Å². The number of aromatic hydroxyl groups is 1. The lowest BCUT2D eigenvalue weighted by Crippen LogP contribution is -2.42. The minimum Gasteiger partial charge on any atom is -0.506 e. The van der Waals surface area contributed by atoms with E-state index in [0.29, 0.717) is 11.5 Å². The van der Waals surface area contributed by atoms with Crippen molar-refractivity contribution >= 4 is 34.1 Å². The molecular weight excluding hydrogens is 355 g/mol. The molecule has 0 aromatic heterocycles. The van der Waals surface area contributed by atoms with E-state index in [4.69, 9.17) is 5.84 Å². The second kappa shape index (κ2) is 6.50. The second-order valence-corrected chi connectivity index (χ2v) is 4.86. The number of para-hydroxylation sites is 2. The number of rotatable bonds is 3. The normalized spacial score (nSPS) is 11.4. The summed E-state index contributed by atoms with van der Waals surface area (Å²) in [7, 11) is 0. The van der Waals surface area contributed by atoms with Crippen LogP contribution in [0.25, 0.3) is 0 Å². The first-order valence-electron chi connectivity index (χ1n) is 5.55. The number of phenolic OH excluding ortho intramolecular Hbond substituents is 1. The Morgan fingerprint density at radius 3 is 2.47 bits per heavy atom. The second-order valence-electron chi connectivity index (χ2n) is 3.70. The van der Waals surface area contributed by atoms with Crippen LogP contribution < -0.4 is 16.8 Å². The van der Waals surface area contributed by atoms with Gasteiger partial charge in [0.2, 0.25) is 0 Å². The fourth-order valence-corrected chi connectivity index (χ4v) is 2.20. The minimum absolute atomic E-state index is 0.116. The number of nitrogens with one attached hydrogen (secondary N) is 2. The smallest absolute Gasteiger partial charge is 0.150 e. The highest BCUT2D eigenvalue weighted by molar-refractivity contribution is 14.1. The number of hydrogen-bond acceptors (Lipinski definition) is 4. The Morgan fingerprint density at radius 1 is 1.11 bits per heavy atom. The number of halogens is 1. The first kappa shape index (κ1) is 13.8. The number of hydrogen-bond donors (Lipinski definition) is 4. The highest BCUT2D eigenvalue weighted by Crippen LogP contribution is 2.26. The first-order chi connectivity index (χ1) is 9.22. The zero-order chi connectivity index (χ0) is 13.7. The summed E-state index contributed by atoms with van der Waals surface area (Å²) in [6.07, 6.45) is 0. The summed E-state index contributed by atoms with van der Waals surface area (Å²) >= 11 is 2.21. The molecule has 0 radical (unpaired) electrons. The Kier molecular flexibility index (Phi) is 4.72. The van der Waals surface area contributed by atoms with Crippen molar-refractivity contribution < 1.29 is 5.11 Å². The Morgan fingerprint density at radius 2 is 1.79 bits per heavy atom. The number of benzene rings is 2. The molecule has 19 heavy (non-hydrogen) atoms. The summed E-state index contributed by atoms with van der Waals surface area (Å²) in [5, 5.41) is 9.76. The lowest BCUT2D eigenvalue weighted by molar-refractivity contribution is 0.477. The van der Waals surface area contributed by atoms with Crippen LogP contribution in [0.15, 0.2) is 53.5 Å². The summed E-state index contributed by atoms with van der Waals surface area (Å²) in [5.41, 5.74) is 6.51. The van der Waals surface area contributed by atoms with E-state index in [0.717, 1.165) is 9.13 Å². The van der Waals surface area contributed by atoms with Crippen LogP contribution in [-0.2, 0) is 0 Å². The Labute approximate surface area is 124 Å². The molecule has 0 spiro atoms. The van der Waals surface area contributed by atoms with Gasteiger partial charge >= 0.3 is 0 Å². The van der Waals surface area contributed by atoms with Crippen LogP contribution in [0.3, 0.4) is 0 Å². The monoisotopic (exact) mass is 368 g/mol. The van der Waals surface area contributed by atoms with Gasteiger partial charge in [0.1, 0.15) is 17.3 Å².